The molecular formula is C10H14Mg2O4S2+4. The number of carbonyl (C=O) groups is 2. The summed E-state index contributed by atoms with van der Waals surface area (Å²) in [4.78, 5) is 21.3. The minimum Gasteiger partial charge on any atom is -0.478 e. The van der Waals surface area contributed by atoms with Crippen molar-refractivity contribution in [2.24, 2.45) is 0 Å². The van der Waals surface area contributed by atoms with E-state index in [9.17, 15) is 9.59 Å². The van der Waals surface area contributed by atoms with Crippen LogP contribution in [0.15, 0.2) is 11.8 Å². The number of allylic oxidation sites excluding steroid dienone is 1. The maximum absolute atomic E-state index is 10.8. The predicted octanol–water partition coefficient (Wildman–Crippen LogP) is 1.69. The van der Waals surface area contributed by atoms with E-state index >= 15 is 0 Å². The van der Waals surface area contributed by atoms with Crippen LogP contribution in [0.4, 0.5) is 0 Å². The third kappa shape index (κ3) is 9.79. The Balaban J connectivity index is 0. The number of ether oxygens (including phenoxy) is 1. The van der Waals surface area contributed by atoms with Crippen molar-refractivity contribution in [3.05, 3.63) is 11.8 Å². The van der Waals surface area contributed by atoms with Crippen LogP contribution in [0.2, 0.25) is 0 Å². The SMILES string of the molecule is CC(=O)O/C(=C\C(=O)O)CCC1CCSS1.[Mg+2].[Mg+2]. The van der Waals surface area contributed by atoms with E-state index in [0.717, 1.165) is 24.7 Å². The van der Waals surface area contributed by atoms with Gasteiger partial charge in [0.1, 0.15) is 5.76 Å². The topological polar surface area (TPSA) is 63.6 Å². The summed E-state index contributed by atoms with van der Waals surface area (Å²) in [6.07, 6.45) is 3.46. The van der Waals surface area contributed by atoms with Gasteiger partial charge in [-0.25, -0.2) is 4.79 Å². The van der Waals surface area contributed by atoms with Gasteiger partial charge in [-0.2, -0.15) is 0 Å². The predicted molar refractivity (Wildman–Crippen MR) is 76.7 cm³/mol. The quantitative estimate of drug-likeness (QED) is 0.274. The van der Waals surface area contributed by atoms with Crippen LogP contribution in [-0.4, -0.2) is 74.2 Å². The summed E-state index contributed by atoms with van der Waals surface area (Å²) in [5.74, 6) is -0.163. The number of aliphatic carboxylic acids is 1. The third-order valence-corrected chi connectivity index (χ3v) is 5.01. The normalized spacial score (nSPS) is 18.5. The number of esters is 1. The molecule has 90 valence electrons. The molecule has 1 rings (SSSR count). The maximum atomic E-state index is 10.8. The molecule has 18 heavy (non-hydrogen) atoms. The van der Waals surface area contributed by atoms with Gasteiger partial charge in [0.25, 0.3) is 0 Å². The molecule has 0 radical (unpaired) electrons. The fourth-order valence-electron chi connectivity index (χ4n) is 1.34. The number of hydrogen-bond donors (Lipinski definition) is 1. The van der Waals surface area contributed by atoms with Gasteiger partial charge in [0.15, 0.2) is 0 Å². The molecule has 4 nitrogen and oxygen atoms in total. The molecule has 0 aromatic heterocycles. The Kier molecular flexibility index (Phi) is 13.8. The van der Waals surface area contributed by atoms with E-state index in [0.29, 0.717) is 11.7 Å². The Morgan fingerprint density at radius 3 is 2.56 bits per heavy atom. The third-order valence-electron chi connectivity index (χ3n) is 2.00. The van der Waals surface area contributed by atoms with Crippen LogP contribution in [0.3, 0.4) is 0 Å². The van der Waals surface area contributed by atoms with Crippen LogP contribution in [0.1, 0.15) is 26.2 Å². The summed E-state index contributed by atoms with van der Waals surface area (Å²) in [5, 5.41) is 9.15. The van der Waals surface area contributed by atoms with Crippen LogP contribution in [0, 0.1) is 0 Å². The van der Waals surface area contributed by atoms with E-state index in [1.807, 2.05) is 21.6 Å². The van der Waals surface area contributed by atoms with E-state index in [2.05, 4.69) is 0 Å². The molecule has 1 saturated heterocycles. The summed E-state index contributed by atoms with van der Waals surface area (Å²) < 4.78 is 4.85. The van der Waals surface area contributed by atoms with Crippen molar-refractivity contribution in [1.29, 1.82) is 0 Å². The van der Waals surface area contributed by atoms with Crippen LogP contribution in [-0.2, 0) is 14.3 Å². The average Bonchev–Trinajstić information content (AvgIpc) is 2.64. The molecule has 0 aromatic rings. The molecule has 1 aliphatic heterocycles. The number of carboxylic acid groups (broad SMARTS) is 1. The standard InChI is InChI=1S/C10H14O4S2.2Mg/c1-7(11)14-8(6-10(12)13)2-3-9-4-5-15-16-9;;/h6,9H,2-5H2,1H3,(H,12,13);;/q;2*+2/b8-6-;;. The van der Waals surface area contributed by atoms with Crippen LogP contribution in [0.5, 0.6) is 0 Å². The fourth-order valence-corrected chi connectivity index (χ4v) is 4.32. The van der Waals surface area contributed by atoms with Crippen molar-refractivity contribution in [3.8, 4) is 0 Å². The molecule has 1 heterocycles. The van der Waals surface area contributed by atoms with E-state index in [4.69, 9.17) is 9.84 Å². The summed E-state index contributed by atoms with van der Waals surface area (Å²) in [6.45, 7) is 1.27. The van der Waals surface area contributed by atoms with Crippen molar-refractivity contribution in [1.82, 2.24) is 0 Å². The van der Waals surface area contributed by atoms with E-state index in [-0.39, 0.29) is 51.9 Å². The van der Waals surface area contributed by atoms with E-state index in [1.54, 1.807) is 0 Å². The molecule has 0 amide bonds. The van der Waals surface area contributed by atoms with Gasteiger partial charge in [-0.05, 0) is 12.8 Å². The zero-order valence-corrected chi connectivity index (χ0v) is 14.8. The van der Waals surface area contributed by atoms with Gasteiger partial charge >= 0.3 is 58.0 Å². The molecule has 0 bridgehead atoms. The Morgan fingerprint density at radius 2 is 2.11 bits per heavy atom. The summed E-state index contributed by atoms with van der Waals surface area (Å²) in [7, 11) is 3.66. The summed E-state index contributed by atoms with van der Waals surface area (Å²) in [6, 6.07) is 0. The van der Waals surface area contributed by atoms with E-state index in [1.165, 1.54) is 6.92 Å². The number of carboxylic acids is 1. The van der Waals surface area contributed by atoms with Gasteiger partial charge in [-0.3, -0.25) is 4.79 Å². The molecule has 1 fully saturated rings. The van der Waals surface area contributed by atoms with Crippen LogP contribution in [0.25, 0.3) is 0 Å². The second-order valence-electron chi connectivity index (χ2n) is 3.41. The number of hydrogen-bond acceptors (Lipinski definition) is 5. The number of rotatable bonds is 5. The van der Waals surface area contributed by atoms with Crippen molar-refractivity contribution in [2.75, 3.05) is 5.75 Å². The zero-order chi connectivity index (χ0) is 12.0. The monoisotopic (exact) mass is 310 g/mol. The second-order valence-corrected chi connectivity index (χ2v) is 6.20. The molecule has 1 atom stereocenters. The molecule has 1 aliphatic rings. The fraction of sp³-hybridized carbons (Fsp3) is 0.600. The zero-order valence-electron chi connectivity index (χ0n) is 10.4. The van der Waals surface area contributed by atoms with Gasteiger partial charge in [0.2, 0.25) is 0 Å². The van der Waals surface area contributed by atoms with Gasteiger partial charge in [-0.15, -0.1) is 0 Å². The van der Waals surface area contributed by atoms with Gasteiger partial charge in [-0.1, -0.05) is 21.6 Å². The Labute approximate surface area is 147 Å². The smallest absolute Gasteiger partial charge is 0.478 e. The average molecular weight is 311 g/mol. The maximum Gasteiger partial charge on any atom is 2.00 e. The summed E-state index contributed by atoms with van der Waals surface area (Å²) >= 11 is 0. The van der Waals surface area contributed by atoms with Crippen molar-refractivity contribution >= 4 is 79.6 Å². The van der Waals surface area contributed by atoms with Gasteiger partial charge < -0.3 is 9.84 Å². The first-order valence-corrected chi connectivity index (χ1v) is 7.36. The first kappa shape index (κ1) is 21.2. The molecule has 0 saturated carbocycles. The first-order chi connectivity index (χ1) is 7.58. The minimum atomic E-state index is -1.08. The molecule has 0 spiro atoms. The molecule has 0 aliphatic carbocycles. The number of carbonyl (C=O) groups excluding carboxylic acids is 1. The molecule has 0 aromatic carbocycles. The van der Waals surface area contributed by atoms with Crippen LogP contribution >= 0.6 is 21.6 Å². The summed E-state index contributed by atoms with van der Waals surface area (Å²) in [5.41, 5.74) is 0. The molecular weight excluding hydrogens is 297 g/mol. The van der Waals surface area contributed by atoms with Crippen molar-refractivity contribution < 1.29 is 19.4 Å². The molecule has 1 N–H and O–H groups in total. The van der Waals surface area contributed by atoms with Crippen molar-refractivity contribution in [2.45, 2.75) is 31.4 Å². The second kappa shape index (κ2) is 11.7. The molecule has 1 unspecified atom stereocenters. The van der Waals surface area contributed by atoms with E-state index < -0.39 is 11.9 Å². The Morgan fingerprint density at radius 1 is 1.44 bits per heavy atom. The Hall–Kier alpha value is 0.912. The van der Waals surface area contributed by atoms with Gasteiger partial charge in [0.05, 0.1) is 6.08 Å². The van der Waals surface area contributed by atoms with Gasteiger partial charge in [0, 0.05) is 24.3 Å². The minimum absolute atomic E-state index is 0. The van der Waals surface area contributed by atoms with Crippen LogP contribution < -0.4 is 0 Å². The molecule has 8 heteroatoms. The van der Waals surface area contributed by atoms with Crippen molar-refractivity contribution in [3.63, 3.8) is 0 Å². The first-order valence-electron chi connectivity index (χ1n) is 4.98. The Bertz CT molecular complexity index is 304. The largest absolute Gasteiger partial charge is 2.00 e.